The first-order valence-electron chi connectivity index (χ1n) is 13.6. The maximum absolute atomic E-state index is 14.9. The van der Waals surface area contributed by atoms with Crippen LogP contribution in [0.1, 0.15) is 70.8 Å². The Kier molecular flexibility index (Phi) is 8.46. The molecular weight excluding hydrogens is 510 g/mol. The van der Waals surface area contributed by atoms with Crippen molar-refractivity contribution in [1.29, 1.82) is 0 Å². The summed E-state index contributed by atoms with van der Waals surface area (Å²) in [5, 5.41) is 5.50. The van der Waals surface area contributed by atoms with Crippen LogP contribution >= 0.6 is 0 Å². The first-order chi connectivity index (χ1) is 18.3. The van der Waals surface area contributed by atoms with E-state index in [4.69, 9.17) is 4.74 Å². The lowest BCUT2D eigenvalue weighted by Gasteiger charge is -2.39. The predicted molar refractivity (Wildman–Crippen MR) is 140 cm³/mol. The van der Waals surface area contributed by atoms with Gasteiger partial charge in [0.2, 0.25) is 17.7 Å². The van der Waals surface area contributed by atoms with Crippen LogP contribution in [0.15, 0.2) is 24.3 Å². The van der Waals surface area contributed by atoms with Gasteiger partial charge in [-0.25, -0.2) is 13.6 Å². The number of nitrogens with zero attached hydrogens (tertiary/aromatic N) is 2. The molecule has 9 nitrogen and oxygen atoms in total. The molecule has 4 rings (SSSR count). The second-order valence-corrected chi connectivity index (χ2v) is 11.8. The zero-order valence-electron chi connectivity index (χ0n) is 22.8. The normalized spacial score (nSPS) is 24.2. The maximum atomic E-state index is 14.9. The topological polar surface area (TPSA) is 108 Å². The molecule has 1 aromatic rings. The van der Waals surface area contributed by atoms with Crippen LogP contribution in [0.5, 0.6) is 0 Å². The summed E-state index contributed by atoms with van der Waals surface area (Å²) in [7, 11) is 0. The summed E-state index contributed by atoms with van der Waals surface area (Å²) in [6.45, 7) is 5.47. The Bertz CT molecular complexity index is 1080. The van der Waals surface area contributed by atoms with E-state index >= 15 is 0 Å². The standard InChI is InChI=1S/C28H38F2N4O5/c1-27(2,3)39-26(38)34-15-12-20(28(29,30)17-34)16-24(36)33-13-10-19(11-14-33)18-4-6-21(7-5-18)31-22-8-9-23(35)32-25(22)37/h4-7,19-20,22,31H,8-17H2,1-3H3,(H,32,35,37). The number of hydrogen-bond donors (Lipinski definition) is 2. The minimum atomic E-state index is -3.16. The SMILES string of the molecule is CC(C)(C)OC(=O)N1CCC(CC(=O)N2CCC(c3ccc(NC4CCC(=O)NC4=O)cc3)CC2)C(F)(F)C1. The molecule has 3 heterocycles. The third kappa shape index (κ3) is 7.45. The molecule has 3 saturated heterocycles. The largest absolute Gasteiger partial charge is 0.444 e. The van der Waals surface area contributed by atoms with E-state index < -0.39 is 36.1 Å². The second kappa shape index (κ2) is 11.5. The average molecular weight is 549 g/mol. The first kappa shape index (κ1) is 28.8. The lowest BCUT2D eigenvalue weighted by Crippen LogP contribution is -2.53. The van der Waals surface area contributed by atoms with Crippen molar-refractivity contribution in [3.05, 3.63) is 29.8 Å². The number of alkyl halides is 2. The van der Waals surface area contributed by atoms with Gasteiger partial charge in [-0.3, -0.25) is 19.7 Å². The van der Waals surface area contributed by atoms with Gasteiger partial charge in [0.1, 0.15) is 11.6 Å². The van der Waals surface area contributed by atoms with Crippen LogP contribution in [0.4, 0.5) is 19.3 Å². The summed E-state index contributed by atoms with van der Waals surface area (Å²) in [6.07, 6.45) is 1.29. The summed E-state index contributed by atoms with van der Waals surface area (Å²) in [5.41, 5.74) is 1.15. The molecule has 3 aliphatic rings. The average Bonchev–Trinajstić information content (AvgIpc) is 2.86. The van der Waals surface area contributed by atoms with Crippen LogP contribution < -0.4 is 10.6 Å². The van der Waals surface area contributed by atoms with Gasteiger partial charge in [-0.2, -0.15) is 0 Å². The molecule has 0 aliphatic carbocycles. The molecule has 0 radical (unpaired) electrons. The van der Waals surface area contributed by atoms with Crippen LogP contribution in [0, 0.1) is 5.92 Å². The number of carbonyl (C=O) groups is 4. The highest BCUT2D eigenvalue weighted by Gasteiger charge is 2.47. The number of likely N-dealkylation sites (tertiary alicyclic amines) is 2. The zero-order chi connectivity index (χ0) is 28.4. The molecule has 3 fully saturated rings. The summed E-state index contributed by atoms with van der Waals surface area (Å²) < 4.78 is 35.0. The fourth-order valence-electron chi connectivity index (χ4n) is 5.41. The van der Waals surface area contributed by atoms with Gasteiger partial charge in [-0.1, -0.05) is 12.1 Å². The molecule has 0 saturated carbocycles. The fourth-order valence-corrected chi connectivity index (χ4v) is 5.41. The molecule has 3 aliphatic heterocycles. The maximum Gasteiger partial charge on any atom is 0.410 e. The Hall–Kier alpha value is -3.24. The quantitative estimate of drug-likeness (QED) is 0.541. The second-order valence-electron chi connectivity index (χ2n) is 11.8. The van der Waals surface area contributed by atoms with Crippen LogP contribution in [-0.4, -0.2) is 77.4 Å². The highest BCUT2D eigenvalue weighted by atomic mass is 19.3. The predicted octanol–water partition coefficient (Wildman–Crippen LogP) is 3.89. The van der Waals surface area contributed by atoms with E-state index in [1.165, 1.54) is 0 Å². The van der Waals surface area contributed by atoms with Crippen molar-refractivity contribution in [3.8, 4) is 0 Å². The summed E-state index contributed by atoms with van der Waals surface area (Å²) >= 11 is 0. The number of anilines is 1. The molecule has 1 aromatic carbocycles. The van der Waals surface area contributed by atoms with Crippen molar-refractivity contribution in [2.75, 3.05) is 31.5 Å². The van der Waals surface area contributed by atoms with Gasteiger partial charge in [0, 0.05) is 44.1 Å². The third-order valence-corrected chi connectivity index (χ3v) is 7.63. The molecule has 2 N–H and O–H groups in total. The van der Waals surface area contributed by atoms with E-state index in [0.717, 1.165) is 29.0 Å². The Balaban J connectivity index is 1.24. The van der Waals surface area contributed by atoms with E-state index in [1.807, 2.05) is 24.3 Å². The molecule has 214 valence electrons. The van der Waals surface area contributed by atoms with Crippen LogP contribution in [-0.2, 0) is 19.1 Å². The Morgan fingerprint density at radius 1 is 1.03 bits per heavy atom. The molecular formula is C28H38F2N4O5. The Morgan fingerprint density at radius 2 is 1.67 bits per heavy atom. The van der Waals surface area contributed by atoms with Gasteiger partial charge in [0.25, 0.3) is 5.92 Å². The van der Waals surface area contributed by atoms with E-state index in [9.17, 15) is 28.0 Å². The lowest BCUT2D eigenvalue weighted by atomic mass is 9.87. The van der Waals surface area contributed by atoms with Gasteiger partial charge in [0.15, 0.2) is 0 Å². The lowest BCUT2D eigenvalue weighted by molar-refractivity contribution is -0.144. The van der Waals surface area contributed by atoms with Crippen molar-refractivity contribution >= 4 is 29.5 Å². The summed E-state index contributed by atoms with van der Waals surface area (Å²) in [5.74, 6) is -4.86. The van der Waals surface area contributed by atoms with Gasteiger partial charge < -0.3 is 19.9 Å². The minimum absolute atomic E-state index is 0.0493. The number of benzene rings is 1. The number of rotatable bonds is 5. The first-order valence-corrected chi connectivity index (χ1v) is 13.6. The highest BCUT2D eigenvalue weighted by Crippen LogP contribution is 2.37. The molecule has 2 unspecified atom stereocenters. The summed E-state index contributed by atoms with van der Waals surface area (Å²) in [4.78, 5) is 51.1. The smallest absolute Gasteiger partial charge is 0.410 e. The van der Waals surface area contributed by atoms with Gasteiger partial charge >= 0.3 is 6.09 Å². The minimum Gasteiger partial charge on any atom is -0.444 e. The molecule has 0 spiro atoms. The van der Waals surface area contributed by atoms with E-state index in [0.29, 0.717) is 25.9 Å². The van der Waals surface area contributed by atoms with Crippen molar-refractivity contribution in [2.45, 2.75) is 82.8 Å². The van der Waals surface area contributed by atoms with Crippen molar-refractivity contribution in [3.63, 3.8) is 0 Å². The molecule has 0 aromatic heterocycles. The van der Waals surface area contributed by atoms with Crippen molar-refractivity contribution in [1.82, 2.24) is 15.1 Å². The van der Waals surface area contributed by atoms with Crippen LogP contribution in [0.2, 0.25) is 0 Å². The Labute approximate surface area is 227 Å². The zero-order valence-corrected chi connectivity index (χ0v) is 22.8. The Morgan fingerprint density at radius 3 is 2.26 bits per heavy atom. The third-order valence-electron chi connectivity index (χ3n) is 7.63. The molecule has 39 heavy (non-hydrogen) atoms. The van der Waals surface area contributed by atoms with Gasteiger partial charge in [-0.05, 0) is 70.1 Å². The van der Waals surface area contributed by atoms with Crippen molar-refractivity contribution in [2.24, 2.45) is 5.92 Å². The number of amides is 4. The number of hydrogen-bond acceptors (Lipinski definition) is 6. The van der Waals surface area contributed by atoms with Gasteiger partial charge in [0.05, 0.1) is 6.54 Å². The molecule has 11 heteroatoms. The number of carbonyl (C=O) groups excluding carboxylic acids is 4. The molecule has 2 atom stereocenters. The van der Waals surface area contributed by atoms with E-state index in [1.54, 1.807) is 25.7 Å². The summed E-state index contributed by atoms with van der Waals surface area (Å²) in [6, 6.07) is 7.36. The van der Waals surface area contributed by atoms with Crippen LogP contribution in [0.3, 0.4) is 0 Å². The number of piperidine rings is 3. The van der Waals surface area contributed by atoms with Crippen LogP contribution in [0.25, 0.3) is 0 Å². The number of nitrogens with one attached hydrogen (secondary N) is 2. The molecule has 0 bridgehead atoms. The number of ether oxygens (including phenoxy) is 1. The monoisotopic (exact) mass is 548 g/mol. The van der Waals surface area contributed by atoms with E-state index in [-0.39, 0.29) is 43.0 Å². The van der Waals surface area contributed by atoms with Gasteiger partial charge in [-0.15, -0.1) is 0 Å². The van der Waals surface area contributed by atoms with E-state index in [2.05, 4.69) is 10.6 Å². The number of halogens is 2. The highest BCUT2D eigenvalue weighted by molar-refractivity contribution is 6.01. The van der Waals surface area contributed by atoms with Crippen molar-refractivity contribution < 1.29 is 32.7 Å². The fraction of sp³-hybridized carbons (Fsp3) is 0.643. The molecule has 4 amide bonds. The number of imide groups is 1.